The maximum Gasteiger partial charge on any atom is 0.256 e. The molecule has 1 aromatic heterocycles. The average molecular weight is 450 g/mol. The number of anilines is 1. The third-order valence-electron chi connectivity index (χ3n) is 4.79. The van der Waals surface area contributed by atoms with Gasteiger partial charge in [0.25, 0.3) is 5.91 Å². The number of aromatic nitrogens is 2. The topological polar surface area (TPSA) is 56.1 Å². The van der Waals surface area contributed by atoms with Crippen LogP contribution in [-0.2, 0) is 13.2 Å². The highest BCUT2D eigenvalue weighted by Crippen LogP contribution is 2.26. The Morgan fingerprint density at radius 1 is 1.06 bits per heavy atom. The quantitative estimate of drug-likeness (QED) is 0.384. The van der Waals surface area contributed by atoms with Crippen molar-refractivity contribution in [2.75, 3.05) is 5.32 Å². The lowest BCUT2D eigenvalue weighted by molar-refractivity contribution is 0.102. The Morgan fingerprint density at radius 2 is 1.88 bits per heavy atom. The van der Waals surface area contributed by atoms with Gasteiger partial charge in [0.15, 0.2) is 5.82 Å². The van der Waals surface area contributed by atoms with E-state index in [1.54, 1.807) is 47.3 Å². The molecule has 0 fully saturated rings. The van der Waals surface area contributed by atoms with E-state index in [0.717, 1.165) is 16.7 Å². The first-order valence-corrected chi connectivity index (χ1v) is 10.4. The molecule has 162 valence electrons. The summed E-state index contributed by atoms with van der Waals surface area (Å²) in [7, 11) is 0. The van der Waals surface area contributed by atoms with Crippen molar-refractivity contribution in [3.05, 3.63) is 112 Å². The zero-order valence-electron chi connectivity index (χ0n) is 17.4. The lowest BCUT2D eigenvalue weighted by Gasteiger charge is -2.10. The molecule has 0 aliphatic carbocycles. The molecule has 0 bridgehead atoms. The Morgan fingerprint density at radius 3 is 2.72 bits per heavy atom. The number of ether oxygens (including phenoxy) is 1. The maximum absolute atomic E-state index is 13.4. The van der Waals surface area contributed by atoms with Gasteiger partial charge in [-0.2, -0.15) is 5.10 Å². The predicted octanol–water partition coefficient (Wildman–Crippen LogP) is 5.86. The number of hydrogen-bond acceptors (Lipinski definition) is 3. The smallest absolute Gasteiger partial charge is 0.256 e. The van der Waals surface area contributed by atoms with Crippen LogP contribution in [0.15, 0.2) is 79.0 Å². The van der Waals surface area contributed by atoms with Crippen LogP contribution in [-0.4, -0.2) is 15.7 Å². The Hall–Kier alpha value is -3.64. The first kappa shape index (κ1) is 21.6. The van der Waals surface area contributed by atoms with Crippen molar-refractivity contribution in [3.8, 4) is 5.75 Å². The highest BCUT2D eigenvalue weighted by Gasteiger charge is 2.10. The van der Waals surface area contributed by atoms with Crippen molar-refractivity contribution in [2.45, 2.75) is 20.1 Å². The summed E-state index contributed by atoms with van der Waals surface area (Å²) in [5.74, 6) is 0.443. The number of rotatable bonds is 7. The molecule has 4 rings (SSSR count). The fourth-order valence-corrected chi connectivity index (χ4v) is 3.38. The molecule has 0 aliphatic rings. The van der Waals surface area contributed by atoms with Gasteiger partial charge in [-0.1, -0.05) is 41.9 Å². The largest absolute Gasteiger partial charge is 0.487 e. The Labute approximate surface area is 190 Å². The number of halogens is 2. The minimum absolute atomic E-state index is 0.281. The first-order valence-electron chi connectivity index (χ1n) is 10.0. The van der Waals surface area contributed by atoms with Gasteiger partial charge >= 0.3 is 0 Å². The third kappa shape index (κ3) is 5.53. The molecule has 4 aromatic rings. The second-order valence-corrected chi connectivity index (χ2v) is 7.81. The van der Waals surface area contributed by atoms with E-state index in [1.807, 2.05) is 31.2 Å². The molecule has 0 spiro atoms. The van der Waals surface area contributed by atoms with Gasteiger partial charge in [0.2, 0.25) is 0 Å². The van der Waals surface area contributed by atoms with Crippen molar-refractivity contribution in [3.63, 3.8) is 0 Å². The summed E-state index contributed by atoms with van der Waals surface area (Å²) in [4.78, 5) is 12.7. The van der Waals surface area contributed by atoms with Crippen molar-refractivity contribution >= 4 is 23.3 Å². The number of aryl methyl sites for hydroxylation is 1. The molecule has 3 aromatic carbocycles. The van der Waals surface area contributed by atoms with Crippen LogP contribution in [0.25, 0.3) is 0 Å². The number of benzene rings is 3. The van der Waals surface area contributed by atoms with Crippen molar-refractivity contribution in [1.29, 1.82) is 0 Å². The minimum atomic E-state index is -0.295. The molecule has 0 radical (unpaired) electrons. The molecule has 7 heteroatoms. The molecule has 32 heavy (non-hydrogen) atoms. The number of amides is 1. The summed E-state index contributed by atoms with van der Waals surface area (Å²) in [5.41, 5.74) is 3.16. The Balaban J connectivity index is 1.38. The standard InChI is InChI=1S/C25H21ClFN3O2/c1-17-8-9-22(26)23(12-17)32-16-19-5-2-6-20(13-19)25(31)28-24-10-11-30(29-24)15-18-4-3-7-21(27)14-18/h2-14H,15-16H2,1H3,(H,28,29,31). The third-order valence-corrected chi connectivity index (χ3v) is 5.10. The van der Waals surface area contributed by atoms with Crippen LogP contribution in [0.3, 0.4) is 0 Å². The highest BCUT2D eigenvalue weighted by atomic mass is 35.5. The zero-order chi connectivity index (χ0) is 22.5. The van der Waals surface area contributed by atoms with Gasteiger partial charge in [-0.15, -0.1) is 0 Å². The summed E-state index contributed by atoms with van der Waals surface area (Å²) in [5, 5.41) is 7.67. The van der Waals surface area contributed by atoms with E-state index < -0.39 is 0 Å². The number of carbonyl (C=O) groups excluding carboxylic acids is 1. The molecule has 0 saturated carbocycles. The summed E-state index contributed by atoms with van der Waals surface area (Å²) in [6, 6.07) is 20.8. The fourth-order valence-electron chi connectivity index (χ4n) is 3.21. The highest BCUT2D eigenvalue weighted by molar-refractivity contribution is 6.32. The van der Waals surface area contributed by atoms with Crippen LogP contribution in [0, 0.1) is 12.7 Å². The van der Waals surface area contributed by atoms with E-state index in [1.165, 1.54) is 12.1 Å². The van der Waals surface area contributed by atoms with Crippen LogP contribution in [0.2, 0.25) is 5.02 Å². The van der Waals surface area contributed by atoms with Crippen LogP contribution in [0.4, 0.5) is 10.2 Å². The molecule has 5 nitrogen and oxygen atoms in total. The lowest BCUT2D eigenvalue weighted by atomic mass is 10.1. The molecule has 1 N–H and O–H groups in total. The second kappa shape index (κ2) is 9.66. The molecule has 0 atom stereocenters. The van der Waals surface area contributed by atoms with Crippen LogP contribution in [0.5, 0.6) is 5.75 Å². The minimum Gasteiger partial charge on any atom is -0.487 e. The van der Waals surface area contributed by atoms with E-state index in [4.69, 9.17) is 16.3 Å². The summed E-state index contributed by atoms with van der Waals surface area (Å²) < 4.78 is 20.8. The normalized spacial score (nSPS) is 10.7. The average Bonchev–Trinajstić information content (AvgIpc) is 3.21. The van der Waals surface area contributed by atoms with E-state index >= 15 is 0 Å². The summed E-state index contributed by atoms with van der Waals surface area (Å²) >= 11 is 6.18. The van der Waals surface area contributed by atoms with Crippen molar-refractivity contribution in [2.24, 2.45) is 0 Å². The second-order valence-electron chi connectivity index (χ2n) is 7.41. The Kier molecular flexibility index (Phi) is 6.52. The molecule has 1 heterocycles. The Bertz CT molecular complexity index is 1260. The van der Waals surface area contributed by atoms with Crippen molar-refractivity contribution in [1.82, 2.24) is 9.78 Å². The van der Waals surface area contributed by atoms with Gasteiger partial charge in [-0.05, 0) is 60.0 Å². The van der Waals surface area contributed by atoms with Gasteiger partial charge in [0.05, 0.1) is 11.6 Å². The van der Waals surface area contributed by atoms with E-state index in [9.17, 15) is 9.18 Å². The van der Waals surface area contributed by atoms with Gasteiger partial charge in [0, 0.05) is 17.8 Å². The lowest BCUT2D eigenvalue weighted by Crippen LogP contribution is -2.13. The van der Waals surface area contributed by atoms with E-state index in [0.29, 0.717) is 28.7 Å². The number of hydrogen-bond donors (Lipinski definition) is 1. The van der Waals surface area contributed by atoms with Gasteiger partial charge in [0.1, 0.15) is 18.2 Å². The fraction of sp³-hybridized carbons (Fsp3) is 0.120. The molecule has 0 saturated heterocycles. The van der Waals surface area contributed by atoms with Gasteiger partial charge < -0.3 is 10.1 Å². The van der Waals surface area contributed by atoms with E-state index in [2.05, 4.69) is 10.4 Å². The zero-order valence-corrected chi connectivity index (χ0v) is 18.1. The molecular formula is C25H21ClFN3O2. The van der Waals surface area contributed by atoms with Crippen LogP contribution >= 0.6 is 11.6 Å². The summed E-state index contributed by atoms with van der Waals surface area (Å²) in [6.45, 7) is 2.65. The summed E-state index contributed by atoms with van der Waals surface area (Å²) in [6.07, 6.45) is 1.73. The predicted molar refractivity (Wildman–Crippen MR) is 123 cm³/mol. The van der Waals surface area contributed by atoms with Crippen LogP contribution < -0.4 is 10.1 Å². The van der Waals surface area contributed by atoms with Crippen molar-refractivity contribution < 1.29 is 13.9 Å². The van der Waals surface area contributed by atoms with Gasteiger partial charge in [-0.25, -0.2) is 4.39 Å². The monoisotopic (exact) mass is 449 g/mol. The van der Waals surface area contributed by atoms with Crippen LogP contribution in [0.1, 0.15) is 27.0 Å². The molecule has 0 aliphatic heterocycles. The number of carbonyl (C=O) groups is 1. The van der Waals surface area contributed by atoms with E-state index in [-0.39, 0.29) is 18.3 Å². The first-order chi connectivity index (χ1) is 15.5. The maximum atomic E-state index is 13.4. The molecule has 0 unspecified atom stereocenters. The SMILES string of the molecule is Cc1ccc(Cl)c(OCc2cccc(C(=O)Nc3ccn(Cc4cccc(F)c4)n3)c2)c1. The number of nitrogens with zero attached hydrogens (tertiary/aromatic N) is 2. The molecule has 1 amide bonds. The van der Waals surface area contributed by atoms with Gasteiger partial charge in [-0.3, -0.25) is 9.48 Å². The molecular weight excluding hydrogens is 429 g/mol. The number of nitrogens with one attached hydrogen (secondary N) is 1.